The number of carbonyl (C=O) groups excluding carboxylic acids is 1. The predicted octanol–water partition coefficient (Wildman–Crippen LogP) is 3.75. The first kappa shape index (κ1) is 22.1. The van der Waals surface area contributed by atoms with Crippen molar-refractivity contribution in [3.05, 3.63) is 65.2 Å². The lowest BCUT2D eigenvalue weighted by molar-refractivity contribution is 0.0724. The number of methoxy groups -OCH3 is 1. The lowest BCUT2D eigenvalue weighted by atomic mass is 9.89. The molecule has 1 amide bonds. The van der Waals surface area contributed by atoms with Crippen molar-refractivity contribution in [1.82, 2.24) is 24.6 Å². The smallest absolute Gasteiger partial charge is 0.254 e. The van der Waals surface area contributed by atoms with Crippen LogP contribution in [-0.4, -0.2) is 56.5 Å². The van der Waals surface area contributed by atoms with Gasteiger partial charge in [0.1, 0.15) is 5.75 Å². The number of rotatable bonds is 7. The number of hydrogen-bond donors (Lipinski definition) is 1. The van der Waals surface area contributed by atoms with Gasteiger partial charge in [-0.25, -0.2) is 0 Å². The molecule has 1 aromatic carbocycles. The number of nitrogens with zero attached hydrogens (tertiary/aromatic N) is 5. The summed E-state index contributed by atoms with van der Waals surface area (Å²) in [5, 5.41) is 12.7. The van der Waals surface area contributed by atoms with Crippen LogP contribution in [0.25, 0.3) is 11.1 Å². The van der Waals surface area contributed by atoms with E-state index in [-0.39, 0.29) is 5.91 Å². The van der Waals surface area contributed by atoms with Crippen LogP contribution in [0, 0.1) is 5.41 Å². The fraction of sp³-hybridized carbons (Fsp3) is 0.385. The van der Waals surface area contributed by atoms with Gasteiger partial charge in [0.25, 0.3) is 5.91 Å². The maximum Gasteiger partial charge on any atom is 0.254 e. The summed E-state index contributed by atoms with van der Waals surface area (Å²) in [5.74, 6) is 1.43. The molecule has 0 unspecified atom stereocenters. The predicted molar refractivity (Wildman–Crippen MR) is 130 cm³/mol. The highest BCUT2D eigenvalue weighted by atomic mass is 16.5. The highest BCUT2D eigenvalue weighted by molar-refractivity contribution is 5.99. The van der Waals surface area contributed by atoms with Crippen LogP contribution in [0.1, 0.15) is 46.9 Å². The van der Waals surface area contributed by atoms with E-state index in [1.165, 1.54) is 0 Å². The standard InChI is InChI=1S/C26H30N6O2/c1-3-32-16-19(14-29-32)23-11-18(15-30-9-4-5-25(30)27)12-24-22(23)7-10-31(26(24)33)17-20-13-21(34-2)6-8-28-20/h6,8,11-14,16,27H,3-5,7,9-10,15,17H2,1-2H3. The molecule has 5 rings (SSSR count). The summed E-state index contributed by atoms with van der Waals surface area (Å²) in [6.45, 7) is 5.48. The number of aromatic nitrogens is 3. The largest absolute Gasteiger partial charge is 0.497 e. The van der Waals surface area contributed by atoms with Crippen molar-refractivity contribution in [3.8, 4) is 16.9 Å². The van der Waals surface area contributed by atoms with E-state index in [0.29, 0.717) is 25.5 Å². The minimum atomic E-state index is 0.0216. The Kier molecular flexibility index (Phi) is 6.04. The number of amidine groups is 1. The number of benzene rings is 1. The van der Waals surface area contributed by atoms with Crippen LogP contribution in [-0.2, 0) is 26.1 Å². The molecule has 4 heterocycles. The SMILES string of the molecule is CCn1cc(-c2cc(CN3CCCC3=N)cc3c2CCN(Cc2cc(OC)ccn2)C3=O)cn1. The Morgan fingerprint density at radius 1 is 1.09 bits per heavy atom. The molecular weight excluding hydrogens is 428 g/mol. The van der Waals surface area contributed by atoms with Crippen molar-refractivity contribution in [3.63, 3.8) is 0 Å². The molecule has 2 aliphatic heterocycles. The molecule has 1 N–H and O–H groups in total. The normalized spacial score (nSPS) is 15.7. The van der Waals surface area contributed by atoms with Crippen LogP contribution in [0.2, 0.25) is 0 Å². The van der Waals surface area contributed by atoms with Gasteiger partial charge in [0.15, 0.2) is 0 Å². The van der Waals surface area contributed by atoms with Crippen molar-refractivity contribution in [2.24, 2.45) is 0 Å². The first-order chi connectivity index (χ1) is 16.6. The number of aryl methyl sites for hydroxylation is 1. The van der Waals surface area contributed by atoms with E-state index in [4.69, 9.17) is 10.1 Å². The van der Waals surface area contributed by atoms with Crippen LogP contribution in [0.3, 0.4) is 0 Å². The topological polar surface area (TPSA) is 87.3 Å². The number of ether oxygens (including phenoxy) is 1. The molecule has 34 heavy (non-hydrogen) atoms. The quantitative estimate of drug-likeness (QED) is 0.583. The Balaban J connectivity index is 1.50. The van der Waals surface area contributed by atoms with Gasteiger partial charge >= 0.3 is 0 Å². The Labute approximate surface area is 199 Å². The number of nitrogens with one attached hydrogen (secondary N) is 1. The lowest BCUT2D eigenvalue weighted by Crippen LogP contribution is -2.37. The van der Waals surface area contributed by atoms with E-state index in [0.717, 1.165) is 71.6 Å². The zero-order chi connectivity index (χ0) is 23.7. The minimum Gasteiger partial charge on any atom is -0.497 e. The van der Waals surface area contributed by atoms with E-state index in [1.807, 2.05) is 40.2 Å². The third-order valence-corrected chi connectivity index (χ3v) is 6.70. The molecule has 8 nitrogen and oxygen atoms in total. The van der Waals surface area contributed by atoms with Gasteiger partial charge in [0.2, 0.25) is 0 Å². The molecule has 0 spiro atoms. The summed E-state index contributed by atoms with van der Waals surface area (Å²) < 4.78 is 7.23. The number of pyridine rings is 1. The van der Waals surface area contributed by atoms with E-state index >= 15 is 0 Å². The number of carbonyl (C=O) groups is 1. The molecule has 8 heteroatoms. The highest BCUT2D eigenvalue weighted by Gasteiger charge is 2.29. The van der Waals surface area contributed by atoms with Crippen LogP contribution >= 0.6 is 0 Å². The molecule has 2 aromatic heterocycles. The third-order valence-electron chi connectivity index (χ3n) is 6.70. The average Bonchev–Trinajstić information content (AvgIpc) is 3.50. The van der Waals surface area contributed by atoms with E-state index in [2.05, 4.69) is 28.0 Å². The second-order valence-electron chi connectivity index (χ2n) is 8.89. The Hall–Kier alpha value is -3.68. The molecule has 1 fully saturated rings. The summed E-state index contributed by atoms with van der Waals surface area (Å²) in [7, 11) is 1.63. The number of fused-ring (bicyclic) bond motifs is 1. The molecule has 2 aliphatic rings. The lowest BCUT2D eigenvalue weighted by Gasteiger charge is -2.30. The second kappa shape index (κ2) is 9.29. The molecule has 0 radical (unpaired) electrons. The van der Waals surface area contributed by atoms with Gasteiger partial charge in [-0.3, -0.25) is 19.9 Å². The van der Waals surface area contributed by atoms with Gasteiger partial charge in [-0.05, 0) is 54.7 Å². The van der Waals surface area contributed by atoms with Gasteiger partial charge in [-0.1, -0.05) is 0 Å². The highest BCUT2D eigenvalue weighted by Crippen LogP contribution is 2.33. The van der Waals surface area contributed by atoms with Crippen molar-refractivity contribution in [1.29, 1.82) is 5.41 Å². The Morgan fingerprint density at radius 2 is 1.94 bits per heavy atom. The van der Waals surface area contributed by atoms with E-state index in [9.17, 15) is 4.79 Å². The molecule has 0 aliphatic carbocycles. The molecule has 3 aromatic rings. The van der Waals surface area contributed by atoms with Crippen LogP contribution in [0.15, 0.2) is 42.9 Å². The first-order valence-corrected chi connectivity index (χ1v) is 11.8. The third kappa shape index (κ3) is 4.27. The Morgan fingerprint density at radius 3 is 2.68 bits per heavy atom. The first-order valence-electron chi connectivity index (χ1n) is 11.8. The van der Waals surface area contributed by atoms with Crippen molar-refractivity contribution in [2.45, 2.75) is 45.8 Å². The summed E-state index contributed by atoms with van der Waals surface area (Å²) in [5.41, 5.74) is 5.80. The number of hydrogen-bond acceptors (Lipinski definition) is 5. The zero-order valence-electron chi connectivity index (χ0n) is 19.8. The van der Waals surface area contributed by atoms with Crippen molar-refractivity contribution >= 4 is 11.7 Å². The fourth-order valence-corrected chi connectivity index (χ4v) is 4.88. The van der Waals surface area contributed by atoms with Crippen LogP contribution in [0.4, 0.5) is 0 Å². The maximum absolute atomic E-state index is 13.7. The van der Waals surface area contributed by atoms with E-state index in [1.54, 1.807) is 13.3 Å². The van der Waals surface area contributed by atoms with Gasteiger partial charge < -0.3 is 14.5 Å². The van der Waals surface area contributed by atoms with Crippen molar-refractivity contribution < 1.29 is 9.53 Å². The minimum absolute atomic E-state index is 0.0216. The second-order valence-corrected chi connectivity index (χ2v) is 8.89. The molecule has 1 saturated heterocycles. The van der Waals surface area contributed by atoms with Gasteiger partial charge in [0.05, 0.1) is 31.4 Å². The fourth-order valence-electron chi connectivity index (χ4n) is 4.88. The Bertz CT molecular complexity index is 1230. The molecule has 0 bridgehead atoms. The van der Waals surface area contributed by atoms with Gasteiger partial charge in [-0.2, -0.15) is 5.10 Å². The summed E-state index contributed by atoms with van der Waals surface area (Å²) in [6, 6.07) is 7.90. The van der Waals surface area contributed by atoms with E-state index < -0.39 is 0 Å². The zero-order valence-corrected chi connectivity index (χ0v) is 19.8. The number of amides is 1. The molecule has 176 valence electrons. The van der Waals surface area contributed by atoms with Crippen molar-refractivity contribution in [2.75, 3.05) is 20.2 Å². The molecule has 0 atom stereocenters. The average molecular weight is 459 g/mol. The molecular formula is C26H30N6O2. The summed E-state index contributed by atoms with van der Waals surface area (Å²) >= 11 is 0. The number of likely N-dealkylation sites (tertiary alicyclic amines) is 1. The van der Waals surface area contributed by atoms with Gasteiger partial charge in [0, 0.05) is 62.2 Å². The maximum atomic E-state index is 13.7. The van der Waals surface area contributed by atoms with Gasteiger partial charge in [-0.15, -0.1) is 0 Å². The van der Waals surface area contributed by atoms with Crippen LogP contribution in [0.5, 0.6) is 5.75 Å². The summed E-state index contributed by atoms with van der Waals surface area (Å²) in [6.07, 6.45) is 8.26. The van der Waals surface area contributed by atoms with Crippen LogP contribution < -0.4 is 4.74 Å². The molecule has 0 saturated carbocycles. The monoisotopic (exact) mass is 458 g/mol. The summed E-state index contributed by atoms with van der Waals surface area (Å²) in [4.78, 5) is 22.1.